The first-order chi connectivity index (χ1) is 10.2. The molecule has 2 aliphatic heterocycles. The van der Waals surface area contributed by atoms with E-state index < -0.39 is 0 Å². The van der Waals surface area contributed by atoms with Gasteiger partial charge < -0.3 is 9.84 Å². The summed E-state index contributed by atoms with van der Waals surface area (Å²) in [6, 6.07) is 5.96. The molecule has 2 fully saturated rings. The van der Waals surface area contributed by atoms with Crippen LogP contribution in [0.25, 0.3) is 0 Å². The third-order valence-corrected chi connectivity index (χ3v) is 4.79. The molecule has 0 spiro atoms. The van der Waals surface area contributed by atoms with E-state index in [1.54, 1.807) is 12.1 Å². The van der Waals surface area contributed by atoms with Crippen LogP contribution in [0.1, 0.15) is 18.4 Å². The lowest BCUT2D eigenvalue weighted by Gasteiger charge is -2.40. The largest absolute Gasteiger partial charge is 0.508 e. The molecule has 0 radical (unpaired) electrons. The second-order valence-corrected chi connectivity index (χ2v) is 6.37. The highest BCUT2D eigenvalue weighted by Gasteiger charge is 2.26. The molecular formula is C16H23ClN2O2. The van der Waals surface area contributed by atoms with Crippen molar-refractivity contribution in [3.8, 4) is 5.75 Å². The van der Waals surface area contributed by atoms with E-state index >= 15 is 0 Å². The van der Waals surface area contributed by atoms with Crippen molar-refractivity contribution in [2.24, 2.45) is 0 Å². The molecule has 5 heteroatoms. The molecule has 4 nitrogen and oxygen atoms in total. The van der Waals surface area contributed by atoms with Gasteiger partial charge in [-0.05, 0) is 44.1 Å². The van der Waals surface area contributed by atoms with Crippen molar-refractivity contribution in [2.45, 2.75) is 25.4 Å². The Hall–Kier alpha value is -0.810. The van der Waals surface area contributed by atoms with Crippen LogP contribution in [0.2, 0.25) is 5.02 Å². The fraction of sp³-hybridized carbons (Fsp3) is 0.625. The number of hydrogen-bond donors (Lipinski definition) is 1. The number of ether oxygens (including phenoxy) is 1. The molecule has 0 aromatic heterocycles. The Balaban J connectivity index is 1.52. The molecule has 0 aliphatic carbocycles. The summed E-state index contributed by atoms with van der Waals surface area (Å²) in [6.45, 7) is 6.82. The van der Waals surface area contributed by atoms with Crippen LogP contribution in [-0.4, -0.2) is 60.3 Å². The van der Waals surface area contributed by atoms with Crippen LogP contribution in [0.3, 0.4) is 0 Å². The number of phenolic OH excluding ortho intramolecular Hbond substituents is 1. The van der Waals surface area contributed by atoms with E-state index in [0.29, 0.717) is 16.8 Å². The van der Waals surface area contributed by atoms with E-state index in [1.165, 1.54) is 12.8 Å². The molecule has 2 aliphatic rings. The van der Waals surface area contributed by atoms with E-state index in [9.17, 15) is 5.11 Å². The van der Waals surface area contributed by atoms with Gasteiger partial charge >= 0.3 is 0 Å². The van der Waals surface area contributed by atoms with Crippen molar-refractivity contribution >= 4 is 11.6 Å². The van der Waals surface area contributed by atoms with Gasteiger partial charge in [0.1, 0.15) is 5.75 Å². The van der Waals surface area contributed by atoms with Crippen LogP contribution < -0.4 is 0 Å². The van der Waals surface area contributed by atoms with Crippen LogP contribution in [0.4, 0.5) is 0 Å². The maximum absolute atomic E-state index is 9.91. The molecule has 2 saturated heterocycles. The minimum atomic E-state index is 0.342. The molecule has 0 amide bonds. The lowest BCUT2D eigenvalue weighted by atomic mass is 10.0. The van der Waals surface area contributed by atoms with Gasteiger partial charge in [0.05, 0.1) is 13.2 Å². The average Bonchev–Trinajstić information content (AvgIpc) is 2.53. The third kappa shape index (κ3) is 3.89. The van der Waals surface area contributed by atoms with Gasteiger partial charge in [-0.25, -0.2) is 0 Å². The smallest absolute Gasteiger partial charge is 0.120 e. The Bertz CT molecular complexity index is 469. The molecular weight excluding hydrogens is 288 g/mol. The predicted molar refractivity (Wildman–Crippen MR) is 83.8 cm³/mol. The molecule has 21 heavy (non-hydrogen) atoms. The maximum Gasteiger partial charge on any atom is 0.120 e. The number of aromatic hydroxyl groups is 1. The summed E-state index contributed by atoms with van der Waals surface area (Å²) in [6.07, 6.45) is 2.39. The fourth-order valence-electron chi connectivity index (χ4n) is 3.31. The predicted octanol–water partition coefficient (Wildman–Crippen LogP) is 2.34. The van der Waals surface area contributed by atoms with Gasteiger partial charge in [-0.1, -0.05) is 11.6 Å². The number of likely N-dealkylation sites (tertiary alicyclic amines) is 1. The molecule has 1 aromatic rings. The highest BCUT2D eigenvalue weighted by Crippen LogP contribution is 2.25. The Kier molecular flexibility index (Phi) is 5.01. The molecule has 116 valence electrons. The molecule has 2 heterocycles. The zero-order valence-electron chi connectivity index (χ0n) is 12.3. The van der Waals surface area contributed by atoms with Crippen LogP contribution in [-0.2, 0) is 11.3 Å². The Morgan fingerprint density at radius 2 is 1.86 bits per heavy atom. The first-order valence-corrected chi connectivity index (χ1v) is 8.12. The second-order valence-electron chi connectivity index (χ2n) is 5.93. The number of phenols is 1. The van der Waals surface area contributed by atoms with Gasteiger partial charge in [-0.2, -0.15) is 0 Å². The molecule has 0 unspecified atom stereocenters. The lowest BCUT2D eigenvalue weighted by Crippen LogP contribution is -2.48. The summed E-state index contributed by atoms with van der Waals surface area (Å²) in [4.78, 5) is 4.97. The fourth-order valence-corrected chi connectivity index (χ4v) is 3.50. The Labute approximate surface area is 131 Å². The highest BCUT2D eigenvalue weighted by molar-refractivity contribution is 6.30. The second kappa shape index (κ2) is 6.97. The van der Waals surface area contributed by atoms with E-state index in [0.717, 1.165) is 51.5 Å². The summed E-state index contributed by atoms with van der Waals surface area (Å²) in [7, 11) is 0. The standard InChI is InChI=1S/C16H23ClN2O2/c17-14-1-2-16(20)13(11-14)12-18-5-3-15(4-6-18)19-7-9-21-10-8-19/h1-2,11,15,20H,3-10,12H2. The first-order valence-electron chi connectivity index (χ1n) is 7.74. The maximum atomic E-state index is 9.91. The van der Waals surface area contributed by atoms with E-state index in [2.05, 4.69) is 9.80 Å². The Morgan fingerprint density at radius 1 is 1.14 bits per heavy atom. The summed E-state index contributed by atoms with van der Waals surface area (Å²) < 4.78 is 5.42. The van der Waals surface area contributed by atoms with Crippen LogP contribution in [0, 0.1) is 0 Å². The minimum Gasteiger partial charge on any atom is -0.508 e. The van der Waals surface area contributed by atoms with Crippen molar-refractivity contribution in [1.29, 1.82) is 0 Å². The number of rotatable bonds is 3. The molecule has 0 atom stereocenters. The number of piperidine rings is 1. The van der Waals surface area contributed by atoms with Gasteiger partial charge in [-0.15, -0.1) is 0 Å². The van der Waals surface area contributed by atoms with Crippen molar-refractivity contribution in [1.82, 2.24) is 9.80 Å². The quantitative estimate of drug-likeness (QED) is 0.929. The normalized spacial score (nSPS) is 22.5. The van der Waals surface area contributed by atoms with Gasteiger partial charge in [0, 0.05) is 36.3 Å². The van der Waals surface area contributed by atoms with Crippen molar-refractivity contribution < 1.29 is 9.84 Å². The SMILES string of the molecule is Oc1ccc(Cl)cc1CN1CCC(N2CCOCC2)CC1. The number of morpholine rings is 1. The number of hydrogen-bond acceptors (Lipinski definition) is 4. The van der Waals surface area contributed by atoms with Gasteiger partial charge in [0.2, 0.25) is 0 Å². The zero-order chi connectivity index (χ0) is 14.7. The molecule has 0 bridgehead atoms. The van der Waals surface area contributed by atoms with Crippen molar-refractivity contribution in [3.05, 3.63) is 28.8 Å². The monoisotopic (exact) mass is 310 g/mol. The van der Waals surface area contributed by atoms with Crippen LogP contribution in [0.5, 0.6) is 5.75 Å². The molecule has 3 rings (SSSR count). The number of halogens is 1. The van der Waals surface area contributed by atoms with Crippen molar-refractivity contribution in [3.63, 3.8) is 0 Å². The summed E-state index contributed by atoms with van der Waals surface area (Å²) in [5.41, 5.74) is 0.923. The van der Waals surface area contributed by atoms with Crippen molar-refractivity contribution in [2.75, 3.05) is 39.4 Å². The molecule has 0 saturated carbocycles. The summed E-state index contributed by atoms with van der Waals surface area (Å²) in [5, 5.41) is 10.6. The first kappa shape index (κ1) is 15.1. The van der Waals surface area contributed by atoms with E-state index in [4.69, 9.17) is 16.3 Å². The summed E-state index contributed by atoms with van der Waals surface area (Å²) in [5.74, 6) is 0.342. The van der Waals surface area contributed by atoms with Crippen LogP contribution in [0.15, 0.2) is 18.2 Å². The highest BCUT2D eigenvalue weighted by atomic mass is 35.5. The molecule has 1 aromatic carbocycles. The minimum absolute atomic E-state index is 0.342. The van der Waals surface area contributed by atoms with E-state index in [1.807, 2.05) is 6.07 Å². The van der Waals surface area contributed by atoms with E-state index in [-0.39, 0.29) is 0 Å². The Morgan fingerprint density at radius 3 is 2.57 bits per heavy atom. The zero-order valence-corrected chi connectivity index (χ0v) is 13.1. The van der Waals surface area contributed by atoms with Crippen LogP contribution >= 0.6 is 11.6 Å². The number of nitrogens with zero attached hydrogens (tertiary/aromatic N) is 2. The van der Waals surface area contributed by atoms with Gasteiger partial charge in [-0.3, -0.25) is 9.80 Å². The van der Waals surface area contributed by atoms with Gasteiger partial charge in [0.15, 0.2) is 0 Å². The lowest BCUT2D eigenvalue weighted by molar-refractivity contribution is 0.000182. The molecule has 1 N–H and O–H groups in total. The third-order valence-electron chi connectivity index (χ3n) is 4.55. The average molecular weight is 311 g/mol. The topological polar surface area (TPSA) is 35.9 Å². The summed E-state index contributed by atoms with van der Waals surface area (Å²) >= 11 is 6.01. The van der Waals surface area contributed by atoms with Gasteiger partial charge in [0.25, 0.3) is 0 Å². The number of benzene rings is 1.